The Kier molecular flexibility index (Phi) is 5.67. The molecule has 0 saturated carbocycles. The molecule has 1 saturated heterocycles. The summed E-state index contributed by atoms with van der Waals surface area (Å²) < 4.78 is 23.9. The normalized spacial score (nSPS) is 22.7. The third-order valence-electron chi connectivity index (χ3n) is 4.08. The fourth-order valence-electron chi connectivity index (χ4n) is 2.91. The maximum absolute atomic E-state index is 12.4. The first-order valence-electron chi connectivity index (χ1n) is 8.00. The van der Waals surface area contributed by atoms with Crippen LogP contribution in [0.2, 0.25) is 0 Å². The molecule has 0 unspecified atom stereocenters. The summed E-state index contributed by atoms with van der Waals surface area (Å²) >= 11 is 0. The number of nitrogens with one attached hydrogen (secondary N) is 1. The number of aromatic nitrogens is 2. The molecule has 1 fully saturated rings. The van der Waals surface area contributed by atoms with Gasteiger partial charge < -0.3 is 4.90 Å². The first-order chi connectivity index (χ1) is 10.7. The second-order valence-corrected chi connectivity index (χ2v) is 8.96. The summed E-state index contributed by atoms with van der Waals surface area (Å²) in [4.78, 5) is 14.2. The van der Waals surface area contributed by atoms with Gasteiger partial charge in [0.05, 0.1) is 12.3 Å². The Hall–Kier alpha value is -1.57. The summed E-state index contributed by atoms with van der Waals surface area (Å²) in [5.74, 6) is 1.61. The fourth-order valence-corrected chi connectivity index (χ4v) is 3.43. The van der Waals surface area contributed by atoms with Crippen molar-refractivity contribution in [3.63, 3.8) is 0 Å². The molecule has 0 bridgehead atoms. The SMILES string of the molecule is C[C@@H]1C[C@@H](C)CCN(C(=O)Nc2ccn(CCS(C)(=O)=O)n2)C1. The zero-order valence-corrected chi connectivity index (χ0v) is 14.8. The number of likely N-dealkylation sites (tertiary alicyclic amines) is 1. The van der Waals surface area contributed by atoms with Gasteiger partial charge in [-0.15, -0.1) is 0 Å². The molecule has 2 rings (SSSR count). The van der Waals surface area contributed by atoms with E-state index in [0.29, 0.717) is 17.7 Å². The lowest BCUT2D eigenvalue weighted by Crippen LogP contribution is -2.37. The molecule has 1 aliphatic heterocycles. The van der Waals surface area contributed by atoms with Gasteiger partial charge in [-0.1, -0.05) is 13.8 Å². The highest BCUT2D eigenvalue weighted by atomic mass is 32.2. The van der Waals surface area contributed by atoms with E-state index >= 15 is 0 Å². The lowest BCUT2D eigenvalue weighted by Gasteiger charge is -2.22. The van der Waals surface area contributed by atoms with Crippen LogP contribution in [-0.4, -0.2) is 54.2 Å². The summed E-state index contributed by atoms with van der Waals surface area (Å²) in [6, 6.07) is 1.55. The highest BCUT2D eigenvalue weighted by Gasteiger charge is 2.23. The van der Waals surface area contributed by atoms with Gasteiger partial charge in [0, 0.05) is 31.6 Å². The van der Waals surface area contributed by atoms with E-state index in [4.69, 9.17) is 0 Å². The summed E-state index contributed by atoms with van der Waals surface area (Å²) in [6.07, 6.45) is 5.03. The molecule has 0 aliphatic carbocycles. The number of carbonyl (C=O) groups is 1. The third-order valence-corrected chi connectivity index (χ3v) is 5.01. The number of amides is 2. The lowest BCUT2D eigenvalue weighted by molar-refractivity contribution is 0.207. The van der Waals surface area contributed by atoms with Gasteiger partial charge in [0.15, 0.2) is 5.82 Å². The Morgan fingerprint density at radius 3 is 2.83 bits per heavy atom. The zero-order valence-electron chi connectivity index (χ0n) is 14.0. The minimum Gasteiger partial charge on any atom is -0.324 e. The van der Waals surface area contributed by atoms with E-state index < -0.39 is 9.84 Å². The molecule has 23 heavy (non-hydrogen) atoms. The molecule has 0 aromatic carbocycles. The Labute approximate surface area is 138 Å². The van der Waals surface area contributed by atoms with Gasteiger partial charge >= 0.3 is 6.03 Å². The highest BCUT2D eigenvalue weighted by Crippen LogP contribution is 2.21. The van der Waals surface area contributed by atoms with Crippen molar-refractivity contribution in [2.24, 2.45) is 11.8 Å². The predicted octanol–water partition coefficient (Wildman–Crippen LogP) is 1.83. The second-order valence-electron chi connectivity index (χ2n) is 6.70. The number of urea groups is 1. The van der Waals surface area contributed by atoms with Crippen molar-refractivity contribution in [3.8, 4) is 0 Å². The van der Waals surface area contributed by atoms with Gasteiger partial charge in [-0.3, -0.25) is 10.00 Å². The number of rotatable bonds is 4. The molecule has 2 heterocycles. The number of nitrogens with zero attached hydrogens (tertiary/aromatic N) is 3. The average molecular weight is 342 g/mol. The minimum absolute atomic E-state index is 0.0313. The molecule has 2 atom stereocenters. The van der Waals surface area contributed by atoms with Crippen LogP contribution < -0.4 is 5.32 Å². The smallest absolute Gasteiger partial charge is 0.323 e. The van der Waals surface area contributed by atoms with E-state index in [-0.39, 0.29) is 18.3 Å². The van der Waals surface area contributed by atoms with Crippen molar-refractivity contribution in [1.29, 1.82) is 0 Å². The predicted molar refractivity (Wildman–Crippen MR) is 90.1 cm³/mol. The van der Waals surface area contributed by atoms with Gasteiger partial charge in [0.2, 0.25) is 0 Å². The van der Waals surface area contributed by atoms with Crippen molar-refractivity contribution >= 4 is 21.7 Å². The highest BCUT2D eigenvalue weighted by molar-refractivity contribution is 7.90. The molecule has 0 spiro atoms. The molecule has 1 aromatic rings. The maximum atomic E-state index is 12.4. The largest absolute Gasteiger partial charge is 0.324 e. The molecular formula is C15H26N4O3S. The fraction of sp³-hybridized carbons (Fsp3) is 0.733. The Bertz CT molecular complexity index is 641. The van der Waals surface area contributed by atoms with E-state index in [1.165, 1.54) is 10.9 Å². The van der Waals surface area contributed by atoms with Crippen molar-refractivity contribution < 1.29 is 13.2 Å². The molecule has 0 radical (unpaired) electrons. The Morgan fingerprint density at radius 1 is 1.39 bits per heavy atom. The molecule has 1 aliphatic rings. The number of hydrogen-bond donors (Lipinski definition) is 1. The average Bonchev–Trinajstić information content (AvgIpc) is 2.80. The summed E-state index contributed by atoms with van der Waals surface area (Å²) in [6.45, 7) is 6.19. The summed E-state index contributed by atoms with van der Waals surface area (Å²) in [5, 5.41) is 7.00. The number of anilines is 1. The van der Waals surface area contributed by atoms with Gasteiger partial charge in [-0.2, -0.15) is 5.10 Å². The Balaban J connectivity index is 1.91. The van der Waals surface area contributed by atoms with E-state index in [1.54, 1.807) is 12.3 Å². The van der Waals surface area contributed by atoms with Crippen LogP contribution in [0, 0.1) is 11.8 Å². The first kappa shape index (κ1) is 17.8. The van der Waals surface area contributed by atoms with E-state index in [1.807, 2.05) is 4.90 Å². The molecule has 2 amide bonds. The van der Waals surface area contributed by atoms with Crippen LogP contribution in [-0.2, 0) is 16.4 Å². The third kappa shape index (κ3) is 5.85. The first-order valence-corrected chi connectivity index (χ1v) is 10.1. The van der Waals surface area contributed by atoms with Crippen molar-refractivity contribution in [2.45, 2.75) is 33.2 Å². The van der Waals surface area contributed by atoms with Gasteiger partial charge in [-0.25, -0.2) is 13.2 Å². The van der Waals surface area contributed by atoms with Gasteiger partial charge in [0.1, 0.15) is 9.84 Å². The lowest BCUT2D eigenvalue weighted by atomic mass is 9.97. The number of carbonyl (C=O) groups excluding carboxylic acids is 1. The number of hydrogen-bond acceptors (Lipinski definition) is 4. The van der Waals surface area contributed by atoms with Crippen LogP contribution in [0.25, 0.3) is 0 Å². The molecular weight excluding hydrogens is 316 g/mol. The minimum atomic E-state index is -3.03. The molecule has 7 nitrogen and oxygen atoms in total. The topological polar surface area (TPSA) is 84.3 Å². The molecule has 8 heteroatoms. The summed E-state index contributed by atoms with van der Waals surface area (Å²) in [7, 11) is -3.03. The monoisotopic (exact) mass is 342 g/mol. The van der Waals surface area contributed by atoms with E-state index in [2.05, 4.69) is 24.3 Å². The molecule has 1 aromatic heterocycles. The number of aryl methyl sites for hydroxylation is 1. The van der Waals surface area contributed by atoms with Crippen molar-refractivity contribution in [1.82, 2.24) is 14.7 Å². The van der Waals surface area contributed by atoms with Crippen molar-refractivity contribution in [2.75, 3.05) is 30.4 Å². The quantitative estimate of drug-likeness (QED) is 0.905. The van der Waals surface area contributed by atoms with Gasteiger partial charge in [-0.05, 0) is 24.7 Å². The number of sulfone groups is 1. The molecule has 130 valence electrons. The van der Waals surface area contributed by atoms with E-state index in [0.717, 1.165) is 25.9 Å². The zero-order chi connectivity index (χ0) is 17.0. The van der Waals surface area contributed by atoms with Crippen molar-refractivity contribution in [3.05, 3.63) is 12.3 Å². The second kappa shape index (κ2) is 7.33. The van der Waals surface area contributed by atoms with Gasteiger partial charge in [0.25, 0.3) is 0 Å². The van der Waals surface area contributed by atoms with Crippen LogP contribution in [0.4, 0.5) is 10.6 Å². The Morgan fingerprint density at radius 2 is 2.13 bits per heavy atom. The van der Waals surface area contributed by atoms with Crippen LogP contribution in [0.3, 0.4) is 0 Å². The summed E-state index contributed by atoms with van der Waals surface area (Å²) in [5.41, 5.74) is 0. The maximum Gasteiger partial charge on any atom is 0.323 e. The standard InChI is InChI=1S/C15H26N4O3S/c1-12-4-6-18(11-13(2)10-12)15(20)16-14-5-7-19(17-14)8-9-23(3,21)22/h5,7,12-13H,4,6,8-11H2,1-3H3,(H,16,17,20)/t12-,13+/m0/s1. The van der Waals surface area contributed by atoms with Crippen LogP contribution in [0.1, 0.15) is 26.7 Å². The van der Waals surface area contributed by atoms with Crippen LogP contribution >= 0.6 is 0 Å². The molecule has 1 N–H and O–H groups in total. The van der Waals surface area contributed by atoms with E-state index in [9.17, 15) is 13.2 Å². The van der Waals surface area contributed by atoms with Crippen LogP contribution in [0.15, 0.2) is 12.3 Å². The van der Waals surface area contributed by atoms with Crippen LogP contribution in [0.5, 0.6) is 0 Å².